The van der Waals surface area contributed by atoms with E-state index in [1.807, 2.05) is 18.2 Å². The quantitative estimate of drug-likeness (QED) is 0.654. The van der Waals surface area contributed by atoms with Crippen LogP contribution in [-0.4, -0.2) is 8.42 Å². The van der Waals surface area contributed by atoms with Crippen molar-refractivity contribution in [2.75, 3.05) is 0 Å². The van der Waals surface area contributed by atoms with E-state index in [2.05, 4.69) is 52.0 Å². The molecule has 4 rings (SSSR count). The molecular formula is C27H26O3S. The molecule has 0 saturated carbocycles. The van der Waals surface area contributed by atoms with Crippen molar-refractivity contribution in [3.8, 4) is 5.75 Å². The Bertz CT molecular complexity index is 1380. The molecule has 2 aliphatic rings. The van der Waals surface area contributed by atoms with Crippen molar-refractivity contribution >= 4 is 21.8 Å². The summed E-state index contributed by atoms with van der Waals surface area (Å²) in [4.78, 5) is 0.140. The zero-order chi connectivity index (χ0) is 22.2. The van der Waals surface area contributed by atoms with Crippen LogP contribution in [0.25, 0.3) is 11.6 Å². The van der Waals surface area contributed by atoms with Crippen LogP contribution in [0.4, 0.5) is 0 Å². The summed E-state index contributed by atoms with van der Waals surface area (Å²) in [6.07, 6.45) is 10.6. The summed E-state index contributed by atoms with van der Waals surface area (Å²) < 4.78 is 31.1. The van der Waals surface area contributed by atoms with Gasteiger partial charge in [-0.1, -0.05) is 68.5 Å². The van der Waals surface area contributed by atoms with E-state index in [0.717, 1.165) is 27.2 Å². The van der Waals surface area contributed by atoms with Crippen molar-refractivity contribution in [1.82, 2.24) is 0 Å². The number of benzene rings is 2. The van der Waals surface area contributed by atoms with E-state index in [0.29, 0.717) is 11.7 Å². The summed E-state index contributed by atoms with van der Waals surface area (Å²) in [6, 6.07) is 13.8. The van der Waals surface area contributed by atoms with Gasteiger partial charge in [-0.25, -0.2) is 0 Å². The van der Waals surface area contributed by atoms with E-state index in [1.54, 1.807) is 36.4 Å². The lowest BCUT2D eigenvalue weighted by Gasteiger charge is -2.14. The predicted octanol–water partition coefficient (Wildman–Crippen LogP) is 4.81. The van der Waals surface area contributed by atoms with Gasteiger partial charge in [0.1, 0.15) is 10.6 Å². The molecule has 2 aromatic carbocycles. The smallest absolute Gasteiger partial charge is 0.339 e. The van der Waals surface area contributed by atoms with Gasteiger partial charge in [-0.3, -0.25) is 0 Å². The van der Waals surface area contributed by atoms with Gasteiger partial charge in [0.15, 0.2) is 0 Å². The highest BCUT2D eigenvalue weighted by atomic mass is 32.2. The third-order valence-electron chi connectivity index (χ3n) is 5.64. The fraction of sp³-hybridized carbons (Fsp3) is 0.185. The zero-order valence-electron chi connectivity index (χ0n) is 18.2. The van der Waals surface area contributed by atoms with Gasteiger partial charge in [0.2, 0.25) is 0 Å². The highest BCUT2D eigenvalue weighted by Crippen LogP contribution is 2.32. The van der Waals surface area contributed by atoms with Crippen molar-refractivity contribution in [3.05, 3.63) is 106 Å². The second-order valence-corrected chi connectivity index (χ2v) is 9.77. The molecule has 3 nitrogen and oxygen atoms in total. The molecule has 158 valence electrons. The van der Waals surface area contributed by atoms with Crippen molar-refractivity contribution in [2.45, 2.75) is 32.6 Å². The van der Waals surface area contributed by atoms with Crippen molar-refractivity contribution in [2.24, 2.45) is 5.92 Å². The Labute approximate surface area is 184 Å². The Morgan fingerprint density at radius 3 is 2.26 bits per heavy atom. The summed E-state index contributed by atoms with van der Waals surface area (Å²) in [6.45, 7) is 8.59. The Morgan fingerprint density at radius 2 is 1.55 bits per heavy atom. The number of fused-ring (bicyclic) bond motifs is 2. The lowest BCUT2D eigenvalue weighted by Crippen LogP contribution is -2.28. The Hall–Kier alpha value is -3.11. The minimum Gasteiger partial charge on any atom is -0.379 e. The van der Waals surface area contributed by atoms with Crippen molar-refractivity contribution in [1.29, 1.82) is 0 Å². The van der Waals surface area contributed by atoms with E-state index in [1.165, 1.54) is 11.1 Å². The Morgan fingerprint density at radius 1 is 0.839 bits per heavy atom. The highest BCUT2D eigenvalue weighted by molar-refractivity contribution is 7.87. The van der Waals surface area contributed by atoms with Gasteiger partial charge in [-0.15, -0.1) is 0 Å². The van der Waals surface area contributed by atoms with Crippen LogP contribution < -0.4 is 14.6 Å². The maximum atomic E-state index is 12.9. The van der Waals surface area contributed by atoms with Gasteiger partial charge in [-0.2, -0.15) is 8.42 Å². The molecule has 0 radical (unpaired) electrons. The monoisotopic (exact) mass is 430 g/mol. The van der Waals surface area contributed by atoms with Gasteiger partial charge in [-0.05, 0) is 82.3 Å². The molecule has 0 spiro atoms. The average Bonchev–Trinajstić information content (AvgIpc) is 2.99. The van der Waals surface area contributed by atoms with E-state index < -0.39 is 10.1 Å². The molecular weight excluding hydrogens is 404 g/mol. The number of hydrogen-bond acceptors (Lipinski definition) is 3. The zero-order valence-corrected chi connectivity index (χ0v) is 19.0. The minimum atomic E-state index is -3.93. The molecule has 0 heterocycles. The second kappa shape index (κ2) is 8.20. The first-order valence-corrected chi connectivity index (χ1v) is 11.8. The molecule has 31 heavy (non-hydrogen) atoms. The summed E-state index contributed by atoms with van der Waals surface area (Å²) >= 11 is 0. The van der Waals surface area contributed by atoms with Gasteiger partial charge in [0.05, 0.1) is 0 Å². The summed E-state index contributed by atoms with van der Waals surface area (Å²) in [5.74, 6) is 0.713. The Kier molecular flexibility index (Phi) is 5.59. The molecule has 0 unspecified atom stereocenters. The largest absolute Gasteiger partial charge is 0.379 e. The topological polar surface area (TPSA) is 43.4 Å². The van der Waals surface area contributed by atoms with Crippen LogP contribution in [0.1, 0.15) is 27.7 Å². The molecule has 4 heteroatoms. The minimum absolute atomic E-state index is 0.140. The molecule has 2 aliphatic carbocycles. The predicted molar refractivity (Wildman–Crippen MR) is 126 cm³/mol. The molecule has 2 aromatic rings. The van der Waals surface area contributed by atoms with Crippen LogP contribution in [0.3, 0.4) is 0 Å². The molecule has 0 amide bonds. The van der Waals surface area contributed by atoms with Crippen LogP contribution in [0.2, 0.25) is 0 Å². The molecule has 0 N–H and O–H groups in total. The van der Waals surface area contributed by atoms with Crippen LogP contribution >= 0.6 is 0 Å². The van der Waals surface area contributed by atoms with Crippen LogP contribution in [-0.2, 0) is 10.1 Å². The molecule has 0 bridgehead atoms. The normalized spacial score (nSPS) is 16.0. The van der Waals surface area contributed by atoms with Crippen molar-refractivity contribution < 1.29 is 12.6 Å². The molecule has 0 atom stereocenters. The SMILES string of the molecule is CC1=CC=c2cc(S(=O)(=O)Oc3ccccc3)ccc2=C2C(C)=CC=C(C(C)C)C=C12. The van der Waals surface area contributed by atoms with E-state index >= 15 is 0 Å². The number of rotatable bonds is 4. The average molecular weight is 431 g/mol. The lowest BCUT2D eigenvalue weighted by atomic mass is 9.91. The van der Waals surface area contributed by atoms with Gasteiger partial charge in [0, 0.05) is 0 Å². The van der Waals surface area contributed by atoms with Crippen LogP contribution in [0.15, 0.2) is 100 Å². The number of hydrogen-bond donors (Lipinski definition) is 0. The van der Waals surface area contributed by atoms with E-state index in [4.69, 9.17) is 4.18 Å². The maximum Gasteiger partial charge on any atom is 0.339 e. The molecule has 0 saturated heterocycles. The van der Waals surface area contributed by atoms with E-state index in [-0.39, 0.29) is 4.90 Å². The highest BCUT2D eigenvalue weighted by Gasteiger charge is 2.20. The lowest BCUT2D eigenvalue weighted by molar-refractivity contribution is 0.486. The van der Waals surface area contributed by atoms with Crippen molar-refractivity contribution in [3.63, 3.8) is 0 Å². The number of allylic oxidation sites excluding steroid dienone is 8. The third kappa shape index (κ3) is 4.21. The first-order chi connectivity index (χ1) is 14.8. The Balaban J connectivity index is 1.90. The second-order valence-electron chi connectivity index (χ2n) is 8.22. The van der Waals surface area contributed by atoms with Gasteiger partial charge >= 0.3 is 10.1 Å². The summed E-state index contributed by atoms with van der Waals surface area (Å²) in [5, 5.41) is 1.88. The van der Waals surface area contributed by atoms with Crippen LogP contribution in [0.5, 0.6) is 5.75 Å². The molecule has 0 fully saturated rings. The molecule has 0 aliphatic heterocycles. The van der Waals surface area contributed by atoms with Gasteiger partial charge in [0.25, 0.3) is 0 Å². The van der Waals surface area contributed by atoms with Crippen LogP contribution in [0, 0.1) is 5.92 Å². The summed E-state index contributed by atoms with van der Waals surface area (Å²) in [7, 11) is -3.93. The standard InChI is InChI=1S/C27H26O3S/c1-18(2)21-12-11-20(4)27-25-15-14-24(16-22(25)13-10-19(3)26(27)17-21)31(28,29)30-23-8-6-5-7-9-23/h5-18H,1-4H3. The molecule has 0 aromatic heterocycles. The fourth-order valence-corrected chi connectivity index (χ4v) is 4.82. The first kappa shape index (κ1) is 21.1. The van der Waals surface area contributed by atoms with E-state index in [9.17, 15) is 8.42 Å². The van der Waals surface area contributed by atoms with Gasteiger partial charge < -0.3 is 4.18 Å². The first-order valence-electron chi connectivity index (χ1n) is 10.4. The summed E-state index contributed by atoms with van der Waals surface area (Å²) in [5.41, 5.74) is 5.89. The fourth-order valence-electron chi connectivity index (χ4n) is 3.85. The maximum absolute atomic E-state index is 12.9. The third-order valence-corrected chi connectivity index (χ3v) is 6.88. The number of para-hydroxylation sites is 1.